The van der Waals surface area contributed by atoms with E-state index in [1.165, 1.54) is 42.3 Å². The third kappa shape index (κ3) is 4.61. The second-order valence-electron chi connectivity index (χ2n) is 6.25. The topological polar surface area (TPSA) is 64.6 Å². The molecule has 2 aromatic carbocycles. The molecule has 0 aromatic heterocycles. The first-order chi connectivity index (χ1) is 12.9. The molecule has 0 radical (unpaired) electrons. The highest BCUT2D eigenvalue weighted by Crippen LogP contribution is 2.25. The lowest BCUT2D eigenvalue weighted by atomic mass is 10.1. The first-order valence-electron chi connectivity index (χ1n) is 8.61. The molecule has 2 aromatic rings. The summed E-state index contributed by atoms with van der Waals surface area (Å²) in [6.07, 6.45) is 2.01. The van der Waals surface area contributed by atoms with Crippen LogP contribution >= 0.6 is 0 Å². The van der Waals surface area contributed by atoms with E-state index in [0.29, 0.717) is 5.69 Å². The highest BCUT2D eigenvalue weighted by molar-refractivity contribution is 5.98. The Morgan fingerprint density at radius 3 is 2.59 bits per heavy atom. The number of alkyl halides is 2. The van der Waals surface area contributed by atoms with E-state index in [9.17, 15) is 18.4 Å². The first-order valence-corrected chi connectivity index (χ1v) is 8.61. The van der Waals surface area contributed by atoms with Crippen LogP contribution in [-0.2, 0) is 22.4 Å². The zero-order chi connectivity index (χ0) is 19.4. The molecule has 142 valence electrons. The number of benzene rings is 2. The fraction of sp³-hybridized carbons (Fsp3) is 0.300. The van der Waals surface area contributed by atoms with Crippen molar-refractivity contribution in [2.75, 3.05) is 5.32 Å². The fourth-order valence-electron chi connectivity index (χ4n) is 3.01. The molecule has 0 spiro atoms. The Morgan fingerprint density at radius 2 is 1.81 bits per heavy atom. The number of nitrogens with one attached hydrogen (secondary N) is 1. The van der Waals surface area contributed by atoms with Crippen molar-refractivity contribution >= 4 is 17.6 Å². The molecule has 3 rings (SSSR count). The molecule has 1 amide bonds. The molecule has 0 bridgehead atoms. The lowest BCUT2D eigenvalue weighted by Gasteiger charge is -2.15. The van der Waals surface area contributed by atoms with Crippen molar-refractivity contribution in [1.82, 2.24) is 0 Å². The van der Waals surface area contributed by atoms with Gasteiger partial charge < -0.3 is 14.8 Å². The number of anilines is 1. The van der Waals surface area contributed by atoms with Crippen LogP contribution in [0.3, 0.4) is 0 Å². The summed E-state index contributed by atoms with van der Waals surface area (Å²) in [6.45, 7) is -1.66. The number of amides is 1. The Hall–Kier alpha value is -2.96. The highest BCUT2D eigenvalue weighted by atomic mass is 19.3. The lowest BCUT2D eigenvalue weighted by Crippen LogP contribution is -2.30. The average molecular weight is 375 g/mol. The molecule has 0 heterocycles. The van der Waals surface area contributed by atoms with E-state index in [2.05, 4.69) is 10.1 Å². The number of hydrogen-bond donors (Lipinski definition) is 1. The summed E-state index contributed by atoms with van der Waals surface area (Å²) in [5.74, 6) is -1.72. The van der Waals surface area contributed by atoms with Gasteiger partial charge in [-0.25, -0.2) is 4.79 Å². The van der Waals surface area contributed by atoms with Crippen molar-refractivity contribution in [2.45, 2.75) is 38.9 Å². The molecule has 0 saturated heterocycles. The van der Waals surface area contributed by atoms with Crippen molar-refractivity contribution < 1.29 is 27.8 Å². The number of rotatable bonds is 6. The predicted octanol–water partition coefficient (Wildman–Crippen LogP) is 3.96. The molecule has 0 aliphatic heterocycles. The number of esters is 1. The van der Waals surface area contributed by atoms with Crippen LogP contribution in [0.1, 0.15) is 34.8 Å². The normalized spacial score (nSPS) is 13.8. The minimum absolute atomic E-state index is 0.171. The van der Waals surface area contributed by atoms with Crippen LogP contribution in [0, 0.1) is 0 Å². The van der Waals surface area contributed by atoms with Gasteiger partial charge >= 0.3 is 12.6 Å². The van der Waals surface area contributed by atoms with E-state index in [0.717, 1.165) is 19.3 Å². The van der Waals surface area contributed by atoms with Gasteiger partial charge in [0.25, 0.3) is 5.91 Å². The standard InChI is InChI=1S/C20H19F2NO4/c1-12(18(24)23-15-10-9-13-5-4-6-14(13)11-15)26-19(25)16-7-2-3-8-17(16)27-20(21)22/h2-3,7-12,20H,4-6H2,1H3,(H,23,24)/t12-/m0/s1. The van der Waals surface area contributed by atoms with Crippen molar-refractivity contribution in [3.63, 3.8) is 0 Å². The van der Waals surface area contributed by atoms with E-state index in [4.69, 9.17) is 4.74 Å². The fourth-order valence-corrected chi connectivity index (χ4v) is 3.01. The molecule has 0 unspecified atom stereocenters. The zero-order valence-corrected chi connectivity index (χ0v) is 14.7. The minimum atomic E-state index is -3.07. The average Bonchev–Trinajstić information content (AvgIpc) is 3.09. The molecule has 5 nitrogen and oxygen atoms in total. The Labute approximate surface area is 155 Å². The quantitative estimate of drug-likeness (QED) is 0.777. The number of aryl methyl sites for hydroxylation is 2. The number of carbonyl (C=O) groups is 2. The number of para-hydroxylation sites is 1. The van der Waals surface area contributed by atoms with Gasteiger partial charge in [0.15, 0.2) is 6.10 Å². The first kappa shape index (κ1) is 18.8. The van der Waals surface area contributed by atoms with Gasteiger partial charge in [-0.15, -0.1) is 0 Å². The van der Waals surface area contributed by atoms with Gasteiger partial charge in [0.1, 0.15) is 11.3 Å². The number of ether oxygens (including phenoxy) is 2. The molecular weight excluding hydrogens is 356 g/mol. The van der Waals surface area contributed by atoms with Crippen LogP contribution in [0.5, 0.6) is 5.75 Å². The lowest BCUT2D eigenvalue weighted by molar-refractivity contribution is -0.123. The van der Waals surface area contributed by atoms with Gasteiger partial charge in [-0.05, 0) is 61.6 Å². The summed E-state index contributed by atoms with van der Waals surface area (Å²) >= 11 is 0. The third-order valence-corrected chi connectivity index (χ3v) is 4.34. The Kier molecular flexibility index (Phi) is 5.69. The summed E-state index contributed by atoms with van der Waals surface area (Å²) in [5.41, 5.74) is 2.94. The molecule has 1 aliphatic carbocycles. The largest absolute Gasteiger partial charge is 0.449 e. The molecule has 1 aliphatic rings. The maximum atomic E-state index is 12.5. The molecule has 27 heavy (non-hydrogen) atoms. The van der Waals surface area contributed by atoms with E-state index >= 15 is 0 Å². The summed E-state index contributed by atoms with van der Waals surface area (Å²) in [5, 5.41) is 2.71. The van der Waals surface area contributed by atoms with Crippen LogP contribution < -0.4 is 10.1 Å². The van der Waals surface area contributed by atoms with Crippen LogP contribution in [-0.4, -0.2) is 24.6 Å². The third-order valence-electron chi connectivity index (χ3n) is 4.34. The Bertz CT molecular complexity index is 854. The number of carbonyl (C=O) groups excluding carboxylic acids is 2. The Morgan fingerprint density at radius 1 is 1.07 bits per heavy atom. The highest BCUT2D eigenvalue weighted by Gasteiger charge is 2.23. The van der Waals surface area contributed by atoms with Crippen molar-refractivity contribution in [3.8, 4) is 5.75 Å². The molecule has 7 heteroatoms. The SMILES string of the molecule is C[C@H](OC(=O)c1ccccc1OC(F)F)C(=O)Nc1ccc2c(c1)CCC2. The van der Waals surface area contributed by atoms with Crippen molar-refractivity contribution in [2.24, 2.45) is 0 Å². The van der Waals surface area contributed by atoms with Crippen molar-refractivity contribution in [1.29, 1.82) is 0 Å². The summed E-state index contributed by atoms with van der Waals surface area (Å²) in [7, 11) is 0. The second-order valence-corrected chi connectivity index (χ2v) is 6.25. The van der Waals surface area contributed by atoms with Crippen LogP contribution in [0.25, 0.3) is 0 Å². The van der Waals surface area contributed by atoms with Gasteiger partial charge in [-0.3, -0.25) is 4.79 Å². The second kappa shape index (κ2) is 8.16. The zero-order valence-electron chi connectivity index (χ0n) is 14.7. The van der Waals surface area contributed by atoms with E-state index in [1.54, 1.807) is 0 Å². The van der Waals surface area contributed by atoms with E-state index < -0.39 is 24.6 Å². The molecule has 1 N–H and O–H groups in total. The smallest absolute Gasteiger partial charge is 0.387 e. The molecule has 0 saturated carbocycles. The number of hydrogen-bond acceptors (Lipinski definition) is 4. The maximum Gasteiger partial charge on any atom is 0.387 e. The van der Waals surface area contributed by atoms with Gasteiger partial charge in [0.2, 0.25) is 0 Å². The van der Waals surface area contributed by atoms with Crippen LogP contribution in [0.2, 0.25) is 0 Å². The summed E-state index contributed by atoms with van der Waals surface area (Å²) in [4.78, 5) is 24.5. The van der Waals surface area contributed by atoms with E-state index in [-0.39, 0.29) is 11.3 Å². The predicted molar refractivity (Wildman–Crippen MR) is 95.0 cm³/mol. The molecule has 1 atom stereocenters. The number of fused-ring (bicyclic) bond motifs is 1. The van der Waals surface area contributed by atoms with Crippen LogP contribution in [0.15, 0.2) is 42.5 Å². The van der Waals surface area contributed by atoms with Gasteiger partial charge in [0.05, 0.1) is 0 Å². The summed E-state index contributed by atoms with van der Waals surface area (Å²) < 4.78 is 34.3. The van der Waals surface area contributed by atoms with Crippen molar-refractivity contribution in [3.05, 3.63) is 59.2 Å². The Balaban J connectivity index is 1.63. The molecule has 0 fully saturated rings. The molecular formula is C20H19F2NO4. The van der Waals surface area contributed by atoms with Gasteiger partial charge in [0, 0.05) is 5.69 Å². The van der Waals surface area contributed by atoms with Gasteiger partial charge in [-0.1, -0.05) is 18.2 Å². The minimum Gasteiger partial charge on any atom is -0.449 e. The maximum absolute atomic E-state index is 12.5. The van der Waals surface area contributed by atoms with Crippen LogP contribution in [0.4, 0.5) is 14.5 Å². The van der Waals surface area contributed by atoms with Gasteiger partial charge in [-0.2, -0.15) is 8.78 Å². The van der Waals surface area contributed by atoms with E-state index in [1.807, 2.05) is 18.2 Å². The monoisotopic (exact) mass is 375 g/mol. The summed E-state index contributed by atoms with van der Waals surface area (Å²) in [6, 6.07) is 11.2. The number of halogens is 2.